The van der Waals surface area contributed by atoms with Crippen LogP contribution >= 0.6 is 0 Å². The number of nitrogens with one attached hydrogen (secondary N) is 2. The number of rotatable bonds is 4. The smallest absolute Gasteiger partial charge is 0.269 e. The summed E-state index contributed by atoms with van der Waals surface area (Å²) in [5, 5.41) is 4.20. The number of nitrogens with zero attached hydrogens (tertiary/aromatic N) is 3. The first-order valence-electron chi connectivity index (χ1n) is 7.90. The van der Waals surface area contributed by atoms with E-state index in [1.165, 1.54) is 16.8 Å². The molecule has 0 fully saturated rings. The van der Waals surface area contributed by atoms with Gasteiger partial charge >= 0.3 is 0 Å². The molecule has 132 valence electrons. The molecule has 3 rings (SSSR count). The van der Waals surface area contributed by atoms with Gasteiger partial charge in [0.05, 0.1) is 5.69 Å². The van der Waals surface area contributed by atoms with Gasteiger partial charge in [0.25, 0.3) is 17.4 Å². The van der Waals surface area contributed by atoms with Gasteiger partial charge in [0.15, 0.2) is 0 Å². The zero-order valence-corrected chi connectivity index (χ0v) is 14.0. The third-order valence-corrected chi connectivity index (χ3v) is 3.73. The van der Waals surface area contributed by atoms with Gasteiger partial charge in [-0.1, -0.05) is 6.07 Å². The highest BCUT2D eigenvalue weighted by Crippen LogP contribution is 2.11. The van der Waals surface area contributed by atoms with Crippen LogP contribution in [-0.2, 0) is 11.3 Å². The molecule has 0 unspecified atom stereocenters. The molecule has 0 bridgehead atoms. The van der Waals surface area contributed by atoms with Gasteiger partial charge in [-0.2, -0.15) is 5.10 Å². The lowest BCUT2D eigenvalue weighted by molar-refractivity contribution is -0.122. The number of benzene rings is 1. The van der Waals surface area contributed by atoms with Gasteiger partial charge < -0.3 is 4.57 Å². The minimum absolute atomic E-state index is 0.183. The molecule has 26 heavy (non-hydrogen) atoms. The molecule has 0 spiro atoms. The van der Waals surface area contributed by atoms with Gasteiger partial charge in [-0.25, -0.2) is 4.68 Å². The lowest BCUT2D eigenvalue weighted by Gasteiger charge is -2.09. The summed E-state index contributed by atoms with van der Waals surface area (Å²) < 4.78 is 2.99. The second-order valence-corrected chi connectivity index (χ2v) is 5.60. The van der Waals surface area contributed by atoms with Crippen LogP contribution in [0, 0.1) is 6.92 Å². The fourth-order valence-corrected chi connectivity index (χ4v) is 2.38. The zero-order valence-electron chi connectivity index (χ0n) is 14.0. The molecule has 0 saturated carbocycles. The van der Waals surface area contributed by atoms with Crippen molar-refractivity contribution in [3.8, 4) is 5.69 Å². The Balaban J connectivity index is 1.58. The first-order chi connectivity index (χ1) is 12.5. The molecule has 3 aromatic rings. The Morgan fingerprint density at radius 3 is 2.46 bits per heavy atom. The Labute approximate surface area is 149 Å². The summed E-state index contributed by atoms with van der Waals surface area (Å²) in [6, 6.07) is 13.3. The molecule has 1 aromatic carbocycles. The molecule has 0 aliphatic rings. The number of carbonyl (C=O) groups is 2. The number of aromatic nitrogens is 3. The lowest BCUT2D eigenvalue weighted by atomic mass is 10.2. The highest BCUT2D eigenvalue weighted by molar-refractivity contribution is 5.95. The van der Waals surface area contributed by atoms with Gasteiger partial charge in [0.2, 0.25) is 0 Å². The molecule has 0 aliphatic heterocycles. The summed E-state index contributed by atoms with van der Waals surface area (Å²) in [7, 11) is 0. The maximum atomic E-state index is 12.1. The third kappa shape index (κ3) is 3.86. The molecule has 0 saturated heterocycles. The fraction of sp³-hybridized carbons (Fsp3) is 0.111. The van der Waals surface area contributed by atoms with Crippen LogP contribution < -0.4 is 16.4 Å². The maximum Gasteiger partial charge on any atom is 0.269 e. The SMILES string of the molecule is Cc1ccnn1-c1ccc(C(=O)NNC(=O)Cn2ccccc2=O)cc1. The van der Waals surface area contributed by atoms with Crippen LogP contribution in [0.5, 0.6) is 0 Å². The van der Waals surface area contributed by atoms with Crippen LogP contribution in [0.3, 0.4) is 0 Å². The normalized spacial score (nSPS) is 10.3. The van der Waals surface area contributed by atoms with Crippen LogP contribution in [0.1, 0.15) is 16.1 Å². The minimum Gasteiger partial charge on any atom is -0.306 e. The molecule has 8 nitrogen and oxygen atoms in total. The van der Waals surface area contributed by atoms with E-state index in [1.807, 2.05) is 13.0 Å². The Morgan fingerprint density at radius 2 is 1.81 bits per heavy atom. The number of amides is 2. The first-order valence-corrected chi connectivity index (χ1v) is 7.90. The zero-order chi connectivity index (χ0) is 18.5. The van der Waals surface area contributed by atoms with Crippen molar-refractivity contribution in [2.75, 3.05) is 0 Å². The Morgan fingerprint density at radius 1 is 1.04 bits per heavy atom. The second kappa shape index (κ2) is 7.47. The average Bonchev–Trinajstić information content (AvgIpc) is 3.08. The average molecular weight is 351 g/mol. The van der Waals surface area contributed by atoms with Crippen LogP contribution in [-0.4, -0.2) is 26.2 Å². The summed E-state index contributed by atoms with van der Waals surface area (Å²) in [5.41, 5.74) is 6.52. The highest BCUT2D eigenvalue weighted by Gasteiger charge is 2.09. The summed E-state index contributed by atoms with van der Waals surface area (Å²) in [5.74, 6) is -0.960. The van der Waals surface area contributed by atoms with Crippen molar-refractivity contribution in [2.24, 2.45) is 0 Å². The predicted molar refractivity (Wildman–Crippen MR) is 94.6 cm³/mol. The summed E-state index contributed by atoms with van der Waals surface area (Å²) >= 11 is 0. The lowest BCUT2D eigenvalue weighted by Crippen LogP contribution is -2.44. The molecule has 0 atom stereocenters. The van der Waals surface area contributed by atoms with Gasteiger partial charge in [0.1, 0.15) is 6.54 Å². The van der Waals surface area contributed by atoms with Gasteiger partial charge in [-0.3, -0.25) is 25.2 Å². The second-order valence-electron chi connectivity index (χ2n) is 5.60. The van der Waals surface area contributed by atoms with Crippen LogP contribution in [0.4, 0.5) is 0 Å². The number of carbonyl (C=O) groups excluding carboxylic acids is 2. The quantitative estimate of drug-likeness (QED) is 0.680. The van der Waals surface area contributed by atoms with Crippen molar-refractivity contribution in [3.05, 3.63) is 82.5 Å². The molecule has 0 aliphatic carbocycles. The van der Waals surface area contributed by atoms with Gasteiger partial charge in [-0.15, -0.1) is 0 Å². The molecular weight excluding hydrogens is 334 g/mol. The number of pyridine rings is 1. The Kier molecular flexibility index (Phi) is 4.93. The van der Waals surface area contributed by atoms with Crippen LogP contribution in [0.2, 0.25) is 0 Å². The summed E-state index contributed by atoms with van der Waals surface area (Å²) in [6.07, 6.45) is 3.20. The van der Waals surface area contributed by atoms with E-state index in [2.05, 4.69) is 16.0 Å². The third-order valence-electron chi connectivity index (χ3n) is 3.73. The number of hydrazine groups is 1. The fourth-order valence-electron chi connectivity index (χ4n) is 2.38. The molecular formula is C18H17N5O3. The van der Waals surface area contributed by atoms with E-state index >= 15 is 0 Å². The Hall–Kier alpha value is -3.68. The largest absolute Gasteiger partial charge is 0.306 e. The van der Waals surface area contributed by atoms with E-state index in [9.17, 15) is 14.4 Å². The predicted octanol–water partition coefficient (Wildman–Crippen LogP) is 0.804. The highest BCUT2D eigenvalue weighted by atomic mass is 16.2. The number of hydrogen-bond acceptors (Lipinski definition) is 4. The molecule has 0 radical (unpaired) electrons. The number of aryl methyl sites for hydroxylation is 1. The van der Waals surface area contributed by atoms with E-state index in [4.69, 9.17) is 0 Å². The first kappa shape index (κ1) is 17.2. The minimum atomic E-state index is -0.504. The Bertz CT molecular complexity index is 988. The molecule has 2 N–H and O–H groups in total. The topological polar surface area (TPSA) is 98.0 Å². The van der Waals surface area contributed by atoms with Crippen LogP contribution in [0.25, 0.3) is 5.69 Å². The molecule has 2 aromatic heterocycles. The van der Waals surface area contributed by atoms with E-state index in [0.717, 1.165) is 11.4 Å². The summed E-state index contributed by atoms with van der Waals surface area (Å²) in [4.78, 5) is 35.5. The van der Waals surface area contributed by atoms with Crippen molar-refractivity contribution in [2.45, 2.75) is 13.5 Å². The van der Waals surface area contributed by atoms with E-state index in [-0.39, 0.29) is 12.1 Å². The van der Waals surface area contributed by atoms with Crippen molar-refractivity contribution >= 4 is 11.8 Å². The molecule has 2 amide bonds. The molecule has 8 heteroatoms. The maximum absolute atomic E-state index is 12.1. The van der Waals surface area contributed by atoms with E-state index in [1.54, 1.807) is 47.3 Å². The van der Waals surface area contributed by atoms with E-state index < -0.39 is 11.8 Å². The standard InChI is InChI=1S/C18H17N5O3/c1-13-9-10-19-23(13)15-7-5-14(6-8-15)18(26)21-20-16(24)12-22-11-3-2-4-17(22)25/h2-11H,12H2,1H3,(H,20,24)(H,21,26). The van der Waals surface area contributed by atoms with Crippen molar-refractivity contribution in [3.63, 3.8) is 0 Å². The van der Waals surface area contributed by atoms with Crippen molar-refractivity contribution in [1.29, 1.82) is 0 Å². The van der Waals surface area contributed by atoms with Crippen molar-refractivity contribution in [1.82, 2.24) is 25.2 Å². The number of hydrogen-bond donors (Lipinski definition) is 2. The van der Waals surface area contributed by atoms with E-state index in [0.29, 0.717) is 5.56 Å². The molecule has 2 heterocycles. The van der Waals surface area contributed by atoms with Crippen molar-refractivity contribution < 1.29 is 9.59 Å². The van der Waals surface area contributed by atoms with Gasteiger partial charge in [-0.05, 0) is 43.3 Å². The van der Waals surface area contributed by atoms with Crippen LogP contribution in [0.15, 0.2) is 65.7 Å². The monoisotopic (exact) mass is 351 g/mol. The summed E-state index contributed by atoms with van der Waals surface area (Å²) in [6.45, 7) is 1.75. The van der Waals surface area contributed by atoms with Gasteiger partial charge in [0, 0.05) is 29.7 Å².